The summed E-state index contributed by atoms with van der Waals surface area (Å²) >= 11 is 0. The fraction of sp³-hybridized carbons (Fsp3) is 1.00. The second kappa shape index (κ2) is 5.47. The molecule has 96 valence electrons. The van der Waals surface area contributed by atoms with Crippen molar-refractivity contribution in [2.24, 2.45) is 0 Å². The molecule has 0 unspecified atom stereocenters. The number of nitrogens with one attached hydrogen (secondary N) is 1. The maximum Gasteiger partial charge on any atom is 0.151 e. The van der Waals surface area contributed by atoms with Crippen molar-refractivity contribution >= 4 is 9.84 Å². The van der Waals surface area contributed by atoms with Gasteiger partial charge in [-0.1, -0.05) is 6.92 Å². The summed E-state index contributed by atoms with van der Waals surface area (Å²) in [5.41, 5.74) is 0.274. The van der Waals surface area contributed by atoms with Gasteiger partial charge in [0.05, 0.1) is 5.75 Å². The topological polar surface area (TPSA) is 49.4 Å². The standard InChI is InChI=1S/C11H24N2O2S/c1-4-16(14,15)9-8-12-10-11(13(2)3)6-5-7-11/h12H,4-10H2,1-3H3. The molecule has 0 aromatic carbocycles. The van der Waals surface area contributed by atoms with E-state index < -0.39 is 9.84 Å². The third-order valence-corrected chi connectivity index (χ3v) is 5.42. The summed E-state index contributed by atoms with van der Waals surface area (Å²) in [4.78, 5) is 2.26. The molecule has 1 aliphatic rings. The first-order valence-corrected chi connectivity index (χ1v) is 7.82. The van der Waals surface area contributed by atoms with Crippen molar-refractivity contribution in [1.29, 1.82) is 0 Å². The van der Waals surface area contributed by atoms with Crippen LogP contribution in [0.5, 0.6) is 0 Å². The molecule has 0 aliphatic heterocycles. The van der Waals surface area contributed by atoms with Crippen LogP contribution in [0.15, 0.2) is 0 Å². The molecule has 0 heterocycles. The summed E-state index contributed by atoms with van der Waals surface area (Å²) in [6.07, 6.45) is 3.72. The smallest absolute Gasteiger partial charge is 0.151 e. The van der Waals surface area contributed by atoms with Crippen LogP contribution in [0.4, 0.5) is 0 Å². The third-order valence-electron chi connectivity index (χ3n) is 3.72. The summed E-state index contributed by atoms with van der Waals surface area (Å²) in [6.45, 7) is 3.17. The van der Waals surface area contributed by atoms with Gasteiger partial charge in [0.15, 0.2) is 9.84 Å². The van der Waals surface area contributed by atoms with E-state index in [4.69, 9.17) is 0 Å². The lowest BCUT2D eigenvalue weighted by Crippen LogP contribution is -2.56. The SMILES string of the molecule is CCS(=O)(=O)CCNCC1(N(C)C)CCC1. The van der Waals surface area contributed by atoms with Gasteiger partial charge in [-0.05, 0) is 33.4 Å². The fourth-order valence-corrected chi connectivity index (χ4v) is 2.80. The van der Waals surface area contributed by atoms with E-state index >= 15 is 0 Å². The molecule has 0 radical (unpaired) electrons. The van der Waals surface area contributed by atoms with Crippen molar-refractivity contribution in [3.63, 3.8) is 0 Å². The van der Waals surface area contributed by atoms with E-state index in [0.29, 0.717) is 6.54 Å². The number of nitrogens with zero attached hydrogens (tertiary/aromatic N) is 1. The Bertz CT molecular complexity index is 308. The highest BCUT2D eigenvalue weighted by molar-refractivity contribution is 7.91. The quantitative estimate of drug-likeness (QED) is 0.666. The van der Waals surface area contributed by atoms with Crippen LogP contribution >= 0.6 is 0 Å². The molecule has 1 aliphatic carbocycles. The molecule has 0 aromatic rings. The maximum atomic E-state index is 11.3. The molecule has 0 atom stereocenters. The van der Waals surface area contributed by atoms with Crippen LogP contribution in [0.1, 0.15) is 26.2 Å². The number of hydrogen-bond acceptors (Lipinski definition) is 4. The van der Waals surface area contributed by atoms with Gasteiger partial charge in [0, 0.05) is 24.4 Å². The Kier molecular flexibility index (Phi) is 4.76. The number of sulfone groups is 1. The molecule has 1 N–H and O–H groups in total. The zero-order chi connectivity index (χ0) is 12.2. The lowest BCUT2D eigenvalue weighted by Gasteiger charge is -2.47. The first-order valence-electron chi connectivity index (χ1n) is 6.00. The second-order valence-corrected chi connectivity index (χ2v) is 7.36. The van der Waals surface area contributed by atoms with Gasteiger partial charge < -0.3 is 10.2 Å². The molecule has 0 aromatic heterocycles. The van der Waals surface area contributed by atoms with Crippen LogP contribution < -0.4 is 5.32 Å². The molecule has 0 amide bonds. The summed E-state index contributed by atoms with van der Waals surface area (Å²) in [5.74, 6) is 0.501. The van der Waals surface area contributed by atoms with Gasteiger partial charge in [-0.3, -0.25) is 0 Å². The zero-order valence-electron chi connectivity index (χ0n) is 10.6. The van der Waals surface area contributed by atoms with Gasteiger partial charge in [-0.15, -0.1) is 0 Å². The molecule has 1 fully saturated rings. The van der Waals surface area contributed by atoms with Gasteiger partial charge in [-0.25, -0.2) is 8.42 Å². The average molecular weight is 248 g/mol. The van der Waals surface area contributed by atoms with Crippen molar-refractivity contribution in [3.8, 4) is 0 Å². The molecule has 16 heavy (non-hydrogen) atoms. The predicted molar refractivity (Wildman–Crippen MR) is 67.5 cm³/mol. The Hall–Kier alpha value is -0.130. The van der Waals surface area contributed by atoms with Crippen molar-refractivity contribution < 1.29 is 8.42 Å². The highest BCUT2D eigenvalue weighted by Crippen LogP contribution is 2.35. The fourth-order valence-electron chi connectivity index (χ4n) is 2.06. The Balaban J connectivity index is 2.25. The molecule has 1 saturated carbocycles. The normalized spacial score (nSPS) is 19.8. The van der Waals surface area contributed by atoms with E-state index in [0.717, 1.165) is 6.54 Å². The largest absolute Gasteiger partial charge is 0.314 e. The van der Waals surface area contributed by atoms with Crippen molar-refractivity contribution in [2.45, 2.75) is 31.7 Å². The minimum Gasteiger partial charge on any atom is -0.314 e. The minimum atomic E-state index is -2.82. The minimum absolute atomic E-state index is 0.244. The predicted octanol–water partition coefficient (Wildman–Crippen LogP) is 0.495. The molecular weight excluding hydrogens is 224 g/mol. The summed E-state index contributed by atoms with van der Waals surface area (Å²) < 4.78 is 22.6. The van der Waals surface area contributed by atoms with Gasteiger partial charge in [0.2, 0.25) is 0 Å². The second-order valence-electron chi connectivity index (χ2n) is 4.89. The van der Waals surface area contributed by atoms with Crippen molar-refractivity contribution in [1.82, 2.24) is 10.2 Å². The maximum absolute atomic E-state index is 11.3. The first-order chi connectivity index (χ1) is 7.42. The number of hydrogen-bond donors (Lipinski definition) is 1. The Morgan fingerprint density at radius 1 is 1.31 bits per heavy atom. The molecule has 1 rings (SSSR count). The molecule has 0 spiro atoms. The van der Waals surface area contributed by atoms with Crippen LogP contribution in [0.25, 0.3) is 0 Å². The van der Waals surface area contributed by atoms with E-state index in [1.165, 1.54) is 19.3 Å². The summed E-state index contributed by atoms with van der Waals surface area (Å²) in [6, 6.07) is 0. The van der Waals surface area contributed by atoms with Crippen LogP contribution in [0.2, 0.25) is 0 Å². The monoisotopic (exact) mass is 248 g/mol. The van der Waals surface area contributed by atoms with Crippen LogP contribution in [0.3, 0.4) is 0 Å². The highest BCUT2D eigenvalue weighted by Gasteiger charge is 2.38. The number of rotatable bonds is 7. The lowest BCUT2D eigenvalue weighted by molar-refractivity contribution is 0.0608. The molecule has 0 bridgehead atoms. The zero-order valence-corrected chi connectivity index (χ0v) is 11.4. The highest BCUT2D eigenvalue weighted by atomic mass is 32.2. The van der Waals surface area contributed by atoms with Crippen LogP contribution in [-0.4, -0.2) is 57.5 Å². The Morgan fingerprint density at radius 3 is 2.31 bits per heavy atom. The van der Waals surface area contributed by atoms with Gasteiger partial charge in [0.25, 0.3) is 0 Å². The van der Waals surface area contributed by atoms with Crippen LogP contribution in [0, 0.1) is 0 Å². The van der Waals surface area contributed by atoms with Crippen molar-refractivity contribution in [2.75, 3.05) is 38.7 Å². The van der Waals surface area contributed by atoms with Gasteiger partial charge in [-0.2, -0.15) is 0 Å². The van der Waals surface area contributed by atoms with E-state index in [1.807, 2.05) is 0 Å². The number of likely N-dealkylation sites (N-methyl/N-ethyl adjacent to an activating group) is 1. The van der Waals surface area contributed by atoms with Crippen molar-refractivity contribution in [3.05, 3.63) is 0 Å². The lowest BCUT2D eigenvalue weighted by atomic mass is 9.75. The average Bonchev–Trinajstić information content (AvgIpc) is 2.14. The van der Waals surface area contributed by atoms with E-state index in [1.54, 1.807) is 6.92 Å². The Morgan fingerprint density at radius 2 is 1.94 bits per heavy atom. The molecule has 0 saturated heterocycles. The Labute approximate surface area is 99.3 Å². The molecule has 5 heteroatoms. The third kappa shape index (κ3) is 3.43. The van der Waals surface area contributed by atoms with Gasteiger partial charge in [0.1, 0.15) is 0 Å². The van der Waals surface area contributed by atoms with E-state index in [-0.39, 0.29) is 17.0 Å². The first kappa shape index (κ1) is 13.9. The summed E-state index contributed by atoms with van der Waals surface area (Å²) in [7, 11) is 1.38. The van der Waals surface area contributed by atoms with E-state index in [2.05, 4.69) is 24.3 Å². The molecular formula is C11H24N2O2S. The van der Waals surface area contributed by atoms with Crippen LogP contribution in [-0.2, 0) is 9.84 Å². The van der Waals surface area contributed by atoms with E-state index in [9.17, 15) is 8.42 Å². The summed E-state index contributed by atoms with van der Waals surface area (Å²) in [5, 5.41) is 3.28. The molecule has 4 nitrogen and oxygen atoms in total. The van der Waals surface area contributed by atoms with Gasteiger partial charge >= 0.3 is 0 Å².